The van der Waals surface area contributed by atoms with Gasteiger partial charge in [0.15, 0.2) is 0 Å². The predicted molar refractivity (Wildman–Crippen MR) is 106 cm³/mol. The molecule has 3 atom stereocenters. The number of aryl methyl sites for hydroxylation is 1. The Bertz CT molecular complexity index is 826. The molecule has 1 amide bonds. The Morgan fingerprint density at radius 3 is 2.66 bits per heavy atom. The van der Waals surface area contributed by atoms with Gasteiger partial charge in [0, 0.05) is 12.5 Å². The van der Waals surface area contributed by atoms with Crippen molar-refractivity contribution in [1.29, 1.82) is 0 Å². The fourth-order valence-corrected chi connectivity index (χ4v) is 3.96. The minimum Gasteiger partial charge on any atom is -0.457 e. The molecule has 1 N–H and O–H groups in total. The minimum atomic E-state index is -0.298. The second-order valence-electron chi connectivity index (χ2n) is 7.60. The SMILES string of the molecule is O=C(CCc1cccc(Oc2ccc(F)cc2)c1)NC1CCC2OCCOC2C1. The summed E-state index contributed by atoms with van der Waals surface area (Å²) in [5.41, 5.74) is 1.02. The lowest BCUT2D eigenvalue weighted by Gasteiger charge is -2.39. The number of halogens is 1. The topological polar surface area (TPSA) is 56.8 Å². The monoisotopic (exact) mass is 399 g/mol. The summed E-state index contributed by atoms with van der Waals surface area (Å²) >= 11 is 0. The van der Waals surface area contributed by atoms with Crippen LogP contribution >= 0.6 is 0 Å². The third kappa shape index (κ3) is 5.55. The van der Waals surface area contributed by atoms with Crippen molar-refractivity contribution in [3.8, 4) is 11.5 Å². The van der Waals surface area contributed by atoms with Crippen LogP contribution in [0.15, 0.2) is 48.5 Å². The van der Waals surface area contributed by atoms with Crippen molar-refractivity contribution in [1.82, 2.24) is 5.32 Å². The van der Waals surface area contributed by atoms with Crippen molar-refractivity contribution in [2.75, 3.05) is 13.2 Å². The first-order valence-electron chi connectivity index (χ1n) is 10.2. The van der Waals surface area contributed by atoms with Crippen LogP contribution in [0.3, 0.4) is 0 Å². The van der Waals surface area contributed by atoms with Crippen LogP contribution in [-0.4, -0.2) is 37.4 Å². The van der Waals surface area contributed by atoms with Gasteiger partial charge in [-0.25, -0.2) is 4.39 Å². The van der Waals surface area contributed by atoms with Gasteiger partial charge in [0.2, 0.25) is 5.91 Å². The maximum atomic E-state index is 13.0. The van der Waals surface area contributed by atoms with Gasteiger partial charge in [-0.15, -0.1) is 0 Å². The van der Waals surface area contributed by atoms with Crippen molar-refractivity contribution < 1.29 is 23.4 Å². The highest BCUT2D eigenvalue weighted by Gasteiger charge is 2.34. The van der Waals surface area contributed by atoms with Crippen molar-refractivity contribution >= 4 is 5.91 Å². The molecule has 0 spiro atoms. The van der Waals surface area contributed by atoms with Gasteiger partial charge in [-0.3, -0.25) is 4.79 Å². The molecule has 1 heterocycles. The second-order valence-corrected chi connectivity index (χ2v) is 7.60. The third-order valence-corrected chi connectivity index (χ3v) is 5.43. The first kappa shape index (κ1) is 19.9. The molecular weight excluding hydrogens is 373 g/mol. The summed E-state index contributed by atoms with van der Waals surface area (Å²) in [4.78, 5) is 12.4. The summed E-state index contributed by atoms with van der Waals surface area (Å²) in [5, 5.41) is 3.14. The van der Waals surface area contributed by atoms with Gasteiger partial charge >= 0.3 is 0 Å². The fraction of sp³-hybridized carbons (Fsp3) is 0.435. The van der Waals surface area contributed by atoms with E-state index >= 15 is 0 Å². The zero-order valence-electron chi connectivity index (χ0n) is 16.3. The van der Waals surface area contributed by atoms with E-state index in [9.17, 15) is 9.18 Å². The molecule has 3 unspecified atom stereocenters. The highest BCUT2D eigenvalue weighted by Crippen LogP contribution is 2.27. The number of rotatable bonds is 6. The van der Waals surface area contributed by atoms with Crippen molar-refractivity contribution in [3.05, 3.63) is 59.9 Å². The third-order valence-electron chi connectivity index (χ3n) is 5.43. The molecule has 2 fully saturated rings. The van der Waals surface area contributed by atoms with Crippen LogP contribution < -0.4 is 10.1 Å². The number of nitrogens with one attached hydrogen (secondary N) is 1. The highest BCUT2D eigenvalue weighted by molar-refractivity contribution is 5.76. The molecule has 1 aliphatic heterocycles. The van der Waals surface area contributed by atoms with E-state index in [1.54, 1.807) is 12.1 Å². The Balaban J connectivity index is 1.25. The molecule has 1 saturated carbocycles. The van der Waals surface area contributed by atoms with Crippen LogP contribution in [0, 0.1) is 5.82 Å². The maximum Gasteiger partial charge on any atom is 0.220 e. The number of benzene rings is 2. The minimum absolute atomic E-state index is 0.0510. The maximum absolute atomic E-state index is 13.0. The zero-order valence-corrected chi connectivity index (χ0v) is 16.3. The molecule has 5 nitrogen and oxygen atoms in total. The fourth-order valence-electron chi connectivity index (χ4n) is 3.96. The number of fused-ring (bicyclic) bond motifs is 1. The first-order valence-corrected chi connectivity index (χ1v) is 10.2. The van der Waals surface area contributed by atoms with Gasteiger partial charge in [0.1, 0.15) is 17.3 Å². The van der Waals surface area contributed by atoms with Gasteiger partial charge in [0.05, 0.1) is 25.4 Å². The molecule has 2 aliphatic rings. The van der Waals surface area contributed by atoms with E-state index in [0.717, 1.165) is 24.8 Å². The molecule has 2 aromatic carbocycles. The molecule has 0 bridgehead atoms. The largest absolute Gasteiger partial charge is 0.457 e. The summed E-state index contributed by atoms with van der Waals surface area (Å²) in [6.07, 6.45) is 4.00. The lowest BCUT2D eigenvalue weighted by molar-refractivity contribution is -0.158. The second kappa shape index (κ2) is 9.37. The molecule has 4 rings (SSSR count). The molecule has 1 aliphatic carbocycles. The molecule has 0 radical (unpaired) electrons. The van der Waals surface area contributed by atoms with Crippen LogP contribution in [0.4, 0.5) is 4.39 Å². The summed E-state index contributed by atoms with van der Waals surface area (Å²) in [6.45, 7) is 1.31. The van der Waals surface area contributed by atoms with E-state index in [-0.39, 0.29) is 30.0 Å². The van der Waals surface area contributed by atoms with Crippen LogP contribution in [-0.2, 0) is 20.7 Å². The van der Waals surface area contributed by atoms with Gasteiger partial charge in [0.25, 0.3) is 0 Å². The van der Waals surface area contributed by atoms with E-state index in [1.807, 2.05) is 24.3 Å². The quantitative estimate of drug-likeness (QED) is 0.798. The molecular formula is C23H26FNO4. The Labute approximate surface area is 170 Å². The number of hydrogen-bond acceptors (Lipinski definition) is 4. The zero-order chi connectivity index (χ0) is 20.1. The average molecular weight is 399 g/mol. The summed E-state index contributed by atoms with van der Waals surface area (Å²) < 4.78 is 30.3. The highest BCUT2D eigenvalue weighted by atomic mass is 19.1. The smallest absolute Gasteiger partial charge is 0.220 e. The molecule has 0 aromatic heterocycles. The average Bonchev–Trinajstić information content (AvgIpc) is 2.74. The first-order chi connectivity index (χ1) is 14.2. The normalized spacial score (nSPS) is 23.8. The number of ether oxygens (including phenoxy) is 3. The van der Waals surface area contributed by atoms with Gasteiger partial charge < -0.3 is 19.5 Å². The molecule has 6 heteroatoms. The number of hydrogen-bond donors (Lipinski definition) is 1. The summed E-state index contributed by atoms with van der Waals surface area (Å²) in [5.74, 6) is 0.997. The standard InChI is InChI=1S/C23H26FNO4/c24-17-5-8-19(9-6-17)29-20-3-1-2-16(14-20)4-11-23(26)25-18-7-10-21-22(15-18)28-13-12-27-21/h1-3,5-6,8-9,14,18,21-22H,4,7,10-13,15H2,(H,25,26). The van der Waals surface area contributed by atoms with Gasteiger partial charge in [-0.2, -0.15) is 0 Å². The van der Waals surface area contributed by atoms with Crippen LogP contribution in [0.1, 0.15) is 31.2 Å². The summed E-state index contributed by atoms with van der Waals surface area (Å²) in [6, 6.07) is 13.7. The Hall–Kier alpha value is -2.44. The van der Waals surface area contributed by atoms with E-state index in [4.69, 9.17) is 14.2 Å². The van der Waals surface area contributed by atoms with Crippen molar-refractivity contribution in [2.45, 2.75) is 50.4 Å². The van der Waals surface area contributed by atoms with Crippen molar-refractivity contribution in [2.24, 2.45) is 0 Å². The predicted octanol–water partition coefficient (Wildman–Crippen LogP) is 4.00. The Kier molecular flexibility index (Phi) is 6.42. The molecule has 154 valence electrons. The number of amides is 1. The van der Waals surface area contributed by atoms with Crippen molar-refractivity contribution in [3.63, 3.8) is 0 Å². The van der Waals surface area contributed by atoms with Gasteiger partial charge in [-0.05, 0) is 67.6 Å². The summed E-state index contributed by atoms with van der Waals surface area (Å²) in [7, 11) is 0. The van der Waals surface area contributed by atoms with Crippen LogP contribution in [0.5, 0.6) is 11.5 Å². The molecule has 2 aromatic rings. The van der Waals surface area contributed by atoms with Gasteiger partial charge in [-0.1, -0.05) is 12.1 Å². The van der Waals surface area contributed by atoms with E-state index in [0.29, 0.717) is 37.6 Å². The van der Waals surface area contributed by atoms with Crippen LogP contribution in [0.2, 0.25) is 0 Å². The lowest BCUT2D eigenvalue weighted by Crippen LogP contribution is -2.49. The van der Waals surface area contributed by atoms with Crippen LogP contribution in [0.25, 0.3) is 0 Å². The van der Waals surface area contributed by atoms with E-state index in [1.165, 1.54) is 12.1 Å². The number of carbonyl (C=O) groups is 1. The Morgan fingerprint density at radius 1 is 1.03 bits per heavy atom. The molecule has 29 heavy (non-hydrogen) atoms. The Morgan fingerprint density at radius 2 is 1.83 bits per heavy atom. The molecule has 1 saturated heterocycles. The lowest BCUT2D eigenvalue weighted by atomic mass is 9.89. The van der Waals surface area contributed by atoms with E-state index in [2.05, 4.69) is 5.32 Å². The van der Waals surface area contributed by atoms with E-state index < -0.39 is 0 Å². The number of carbonyl (C=O) groups excluding carboxylic acids is 1.